The minimum Gasteiger partial charge on any atom is -0.483 e. The van der Waals surface area contributed by atoms with Crippen molar-refractivity contribution in [3.63, 3.8) is 0 Å². The highest BCUT2D eigenvalue weighted by Crippen LogP contribution is 2.24. The van der Waals surface area contributed by atoms with E-state index in [1.54, 1.807) is 9.58 Å². The van der Waals surface area contributed by atoms with Crippen LogP contribution in [0.5, 0.6) is 5.75 Å². The summed E-state index contributed by atoms with van der Waals surface area (Å²) in [5.74, 6) is 0.590. The summed E-state index contributed by atoms with van der Waals surface area (Å²) in [4.78, 5) is 14.4. The minimum absolute atomic E-state index is 0.0534. The molecule has 2 aromatic heterocycles. The number of ether oxygens (including phenoxy) is 1. The number of hydrogen-bond donors (Lipinski definition) is 0. The van der Waals surface area contributed by atoms with Crippen molar-refractivity contribution in [2.75, 3.05) is 18.1 Å². The molecule has 2 heterocycles. The first kappa shape index (κ1) is 20.0. The molecule has 2 aromatic carbocycles. The summed E-state index contributed by atoms with van der Waals surface area (Å²) in [7, 11) is 0. The molecule has 154 valence electrons. The number of nitrogens with zero attached hydrogens (tertiary/aromatic N) is 6. The number of likely N-dealkylation sites (N-methyl/N-ethyl adjacent to an activating group) is 1. The van der Waals surface area contributed by atoms with Gasteiger partial charge in [0.05, 0.1) is 12.1 Å². The number of aryl methyl sites for hydroxylation is 2. The van der Waals surface area contributed by atoms with Gasteiger partial charge in [0.1, 0.15) is 16.3 Å². The molecule has 9 heteroatoms. The Bertz CT molecular complexity index is 1160. The molecule has 4 aromatic rings. The Hall–Kier alpha value is -3.33. The zero-order valence-corrected chi connectivity index (χ0v) is 17.9. The number of carbonyl (C=O) groups excluding carboxylic acids is 1. The lowest BCUT2D eigenvalue weighted by Gasteiger charge is -2.18. The summed E-state index contributed by atoms with van der Waals surface area (Å²) in [6.07, 6.45) is 0. The van der Waals surface area contributed by atoms with Gasteiger partial charge in [0.2, 0.25) is 5.13 Å². The summed E-state index contributed by atoms with van der Waals surface area (Å²) in [6.45, 7) is 6.72. The van der Waals surface area contributed by atoms with Gasteiger partial charge >= 0.3 is 0 Å². The molecule has 30 heavy (non-hydrogen) atoms. The Morgan fingerprint density at radius 1 is 1.07 bits per heavy atom. The number of hydrogen-bond acceptors (Lipinski definition) is 7. The van der Waals surface area contributed by atoms with Crippen molar-refractivity contribution in [1.82, 2.24) is 25.2 Å². The molecule has 4 rings (SSSR count). The third-order valence-corrected chi connectivity index (χ3v) is 5.69. The van der Waals surface area contributed by atoms with Crippen molar-refractivity contribution in [2.45, 2.75) is 27.3 Å². The normalized spacial score (nSPS) is 11.0. The summed E-state index contributed by atoms with van der Waals surface area (Å²) >= 11 is 1.37. The SMILES string of the molecule is CCN(C(=O)COc1c(C)cccc1C)c1nnc(Cn2nnc3ccccc32)s1. The largest absolute Gasteiger partial charge is 0.483 e. The highest BCUT2D eigenvalue weighted by molar-refractivity contribution is 7.15. The number of carbonyl (C=O) groups is 1. The van der Waals surface area contributed by atoms with Crippen LogP contribution in [0.15, 0.2) is 42.5 Å². The Kier molecular flexibility index (Phi) is 5.71. The number of aromatic nitrogens is 5. The molecule has 1 amide bonds. The van der Waals surface area contributed by atoms with Gasteiger partial charge in [0.25, 0.3) is 5.91 Å². The van der Waals surface area contributed by atoms with Gasteiger partial charge in [0.15, 0.2) is 6.61 Å². The van der Waals surface area contributed by atoms with Crippen LogP contribution >= 0.6 is 11.3 Å². The van der Waals surface area contributed by atoms with Gasteiger partial charge in [-0.1, -0.05) is 46.9 Å². The molecule has 0 aliphatic heterocycles. The monoisotopic (exact) mass is 422 g/mol. The van der Waals surface area contributed by atoms with Crippen LogP contribution in [0, 0.1) is 13.8 Å². The molecule has 0 fully saturated rings. The molecule has 0 bridgehead atoms. The third-order valence-electron chi connectivity index (χ3n) is 4.76. The van der Waals surface area contributed by atoms with E-state index in [0.29, 0.717) is 18.2 Å². The second-order valence-electron chi connectivity index (χ2n) is 6.86. The van der Waals surface area contributed by atoms with E-state index in [9.17, 15) is 4.79 Å². The summed E-state index contributed by atoms with van der Waals surface area (Å²) in [5, 5.41) is 18.1. The van der Waals surface area contributed by atoms with Gasteiger partial charge in [-0.25, -0.2) is 4.68 Å². The molecular weight excluding hydrogens is 400 g/mol. The molecule has 0 unspecified atom stereocenters. The average Bonchev–Trinajstić information content (AvgIpc) is 3.36. The number of fused-ring (bicyclic) bond motifs is 1. The Morgan fingerprint density at radius 2 is 1.83 bits per heavy atom. The van der Waals surface area contributed by atoms with Gasteiger partial charge in [-0.2, -0.15) is 0 Å². The third kappa shape index (κ3) is 4.02. The van der Waals surface area contributed by atoms with E-state index in [0.717, 1.165) is 32.9 Å². The van der Waals surface area contributed by atoms with Gasteiger partial charge in [0, 0.05) is 6.54 Å². The Balaban J connectivity index is 1.46. The second kappa shape index (κ2) is 8.58. The lowest BCUT2D eigenvalue weighted by molar-refractivity contribution is -0.120. The van der Waals surface area contributed by atoms with Gasteiger partial charge in [-0.05, 0) is 44.0 Å². The highest BCUT2D eigenvalue weighted by Gasteiger charge is 2.20. The van der Waals surface area contributed by atoms with Gasteiger partial charge in [-0.15, -0.1) is 15.3 Å². The van der Waals surface area contributed by atoms with Crippen LogP contribution in [0.2, 0.25) is 0 Å². The first-order valence-corrected chi connectivity index (χ1v) is 10.5. The predicted molar refractivity (Wildman–Crippen MR) is 116 cm³/mol. The van der Waals surface area contributed by atoms with Crippen LogP contribution in [0.25, 0.3) is 11.0 Å². The molecule has 0 radical (unpaired) electrons. The van der Waals surface area contributed by atoms with E-state index in [1.165, 1.54) is 11.3 Å². The van der Waals surface area contributed by atoms with Crippen molar-refractivity contribution < 1.29 is 9.53 Å². The van der Waals surface area contributed by atoms with Crippen molar-refractivity contribution in [1.29, 1.82) is 0 Å². The zero-order chi connectivity index (χ0) is 21.1. The lowest BCUT2D eigenvalue weighted by atomic mass is 10.1. The first-order valence-electron chi connectivity index (χ1n) is 9.66. The predicted octanol–water partition coefficient (Wildman–Crippen LogP) is 3.38. The fraction of sp³-hybridized carbons (Fsp3) is 0.286. The van der Waals surface area contributed by atoms with Crippen LogP contribution in [0.1, 0.15) is 23.1 Å². The highest BCUT2D eigenvalue weighted by atomic mass is 32.1. The molecule has 0 saturated carbocycles. The van der Waals surface area contributed by atoms with Crippen LogP contribution in [0.4, 0.5) is 5.13 Å². The zero-order valence-electron chi connectivity index (χ0n) is 17.1. The van der Waals surface area contributed by atoms with Crippen LogP contribution < -0.4 is 9.64 Å². The molecule has 0 aliphatic rings. The van der Waals surface area contributed by atoms with Crippen LogP contribution in [-0.4, -0.2) is 44.3 Å². The maximum atomic E-state index is 12.8. The maximum Gasteiger partial charge on any atom is 0.266 e. The molecule has 8 nitrogen and oxygen atoms in total. The number of benzene rings is 2. The van der Waals surface area contributed by atoms with E-state index >= 15 is 0 Å². The van der Waals surface area contributed by atoms with Crippen molar-refractivity contribution in [3.8, 4) is 5.75 Å². The fourth-order valence-electron chi connectivity index (χ4n) is 3.24. The van der Waals surface area contributed by atoms with Crippen molar-refractivity contribution in [3.05, 3.63) is 58.6 Å². The quantitative estimate of drug-likeness (QED) is 0.454. The standard InChI is InChI=1S/C21H22N6O2S/c1-4-26(19(28)13-29-20-14(2)8-7-9-15(20)3)21-24-23-18(30-21)12-27-17-11-6-5-10-16(17)22-25-27/h5-11H,4,12-13H2,1-3H3. The van der Waals surface area contributed by atoms with E-state index in [1.807, 2.05) is 63.2 Å². The summed E-state index contributed by atoms with van der Waals surface area (Å²) in [6, 6.07) is 13.7. The average molecular weight is 423 g/mol. The number of rotatable bonds is 7. The molecule has 0 atom stereocenters. The van der Waals surface area contributed by atoms with Crippen molar-refractivity contribution >= 4 is 33.4 Å². The molecule has 0 spiro atoms. The van der Waals surface area contributed by atoms with Crippen LogP contribution in [-0.2, 0) is 11.3 Å². The summed E-state index contributed by atoms with van der Waals surface area (Å²) in [5.41, 5.74) is 3.77. The number of para-hydroxylation sites is 2. The number of anilines is 1. The van der Waals surface area contributed by atoms with Gasteiger partial charge < -0.3 is 4.74 Å². The molecule has 0 aliphatic carbocycles. The van der Waals surface area contributed by atoms with Gasteiger partial charge in [-0.3, -0.25) is 9.69 Å². The van der Waals surface area contributed by atoms with E-state index in [4.69, 9.17) is 4.74 Å². The number of amides is 1. The van der Waals surface area contributed by atoms with Crippen molar-refractivity contribution in [2.24, 2.45) is 0 Å². The second-order valence-corrected chi connectivity index (χ2v) is 7.90. The minimum atomic E-state index is -0.158. The topological polar surface area (TPSA) is 86.0 Å². The molecular formula is C21H22N6O2S. The van der Waals surface area contributed by atoms with E-state index in [2.05, 4.69) is 20.5 Å². The Labute approximate surface area is 178 Å². The molecule has 0 saturated heterocycles. The Morgan fingerprint density at radius 3 is 2.60 bits per heavy atom. The summed E-state index contributed by atoms with van der Waals surface area (Å²) < 4.78 is 7.60. The van der Waals surface area contributed by atoms with E-state index in [-0.39, 0.29) is 12.5 Å². The lowest BCUT2D eigenvalue weighted by Crippen LogP contribution is -2.34. The fourth-order valence-corrected chi connectivity index (χ4v) is 4.14. The first-order chi connectivity index (χ1) is 14.6. The smallest absolute Gasteiger partial charge is 0.266 e. The maximum absolute atomic E-state index is 12.8. The van der Waals surface area contributed by atoms with E-state index < -0.39 is 0 Å². The van der Waals surface area contributed by atoms with Crippen LogP contribution in [0.3, 0.4) is 0 Å². The molecule has 0 N–H and O–H groups in total.